The second-order valence-corrected chi connectivity index (χ2v) is 6.45. The lowest BCUT2D eigenvalue weighted by atomic mass is 9.86. The Balaban J connectivity index is 2.08. The number of rotatable bonds is 3. The lowest BCUT2D eigenvalue weighted by Gasteiger charge is -2.27. The van der Waals surface area contributed by atoms with Gasteiger partial charge in [0.2, 0.25) is 0 Å². The van der Waals surface area contributed by atoms with Crippen LogP contribution in [0.2, 0.25) is 0 Å². The molecular weight excluding hydrogens is 294 g/mol. The Kier molecular flexibility index (Phi) is 4.38. The zero-order chi connectivity index (χ0) is 17.2. The summed E-state index contributed by atoms with van der Waals surface area (Å²) < 4.78 is 5.55. The molecule has 1 unspecified atom stereocenters. The van der Waals surface area contributed by atoms with Crippen molar-refractivity contribution in [3.63, 3.8) is 0 Å². The highest BCUT2D eigenvalue weighted by Crippen LogP contribution is 2.35. The van der Waals surface area contributed by atoms with Gasteiger partial charge in [-0.25, -0.2) is 0 Å². The first-order chi connectivity index (χ1) is 11.5. The van der Waals surface area contributed by atoms with Crippen molar-refractivity contribution in [3.05, 3.63) is 77.4 Å². The molecule has 0 spiro atoms. The first-order valence-corrected chi connectivity index (χ1v) is 8.11. The van der Waals surface area contributed by atoms with Gasteiger partial charge in [-0.15, -0.1) is 0 Å². The minimum absolute atomic E-state index is 0.250. The molecule has 0 bridgehead atoms. The Bertz CT molecular complexity index is 853. The quantitative estimate of drug-likeness (QED) is 0.771. The van der Waals surface area contributed by atoms with Crippen molar-refractivity contribution in [2.24, 2.45) is 0 Å². The number of aryl methyl sites for hydroxylation is 1. The molecule has 24 heavy (non-hydrogen) atoms. The molecule has 0 aliphatic heterocycles. The molecule has 1 atom stereocenters. The van der Waals surface area contributed by atoms with Crippen LogP contribution < -0.4 is 0 Å². The monoisotopic (exact) mass is 315 g/mol. The maximum atomic E-state index is 9.27. The topological polar surface area (TPSA) is 33.0 Å². The highest BCUT2D eigenvalue weighted by atomic mass is 16.5. The molecule has 3 rings (SSSR count). The molecule has 0 heterocycles. The first kappa shape index (κ1) is 16.2. The molecule has 120 valence electrons. The van der Waals surface area contributed by atoms with Gasteiger partial charge in [-0.05, 0) is 54.7 Å². The Morgan fingerprint density at radius 1 is 1.08 bits per heavy atom. The van der Waals surface area contributed by atoms with Crippen LogP contribution in [0.5, 0.6) is 0 Å². The van der Waals surface area contributed by atoms with E-state index in [1.165, 1.54) is 5.56 Å². The Morgan fingerprint density at radius 3 is 2.42 bits per heavy atom. The van der Waals surface area contributed by atoms with Crippen molar-refractivity contribution in [2.45, 2.75) is 25.9 Å². The van der Waals surface area contributed by atoms with E-state index in [1.807, 2.05) is 18.2 Å². The molecule has 1 aliphatic carbocycles. The van der Waals surface area contributed by atoms with Gasteiger partial charge in [-0.3, -0.25) is 0 Å². The van der Waals surface area contributed by atoms with Gasteiger partial charge in [0, 0.05) is 7.11 Å². The zero-order valence-electron chi connectivity index (χ0n) is 14.3. The zero-order valence-corrected chi connectivity index (χ0v) is 14.3. The predicted molar refractivity (Wildman–Crippen MR) is 98.5 cm³/mol. The molecule has 0 fully saturated rings. The smallest absolute Gasteiger partial charge is 0.0991 e. The number of hydrogen-bond acceptors (Lipinski definition) is 2. The SMILES string of the molecule is COC1(C)C=CC(c2cc(C#N)ccc2-c2ccc(C)cc2)=CC1. The molecule has 2 heteroatoms. The van der Waals surface area contributed by atoms with Crippen LogP contribution in [-0.2, 0) is 4.74 Å². The standard InChI is InChI=1S/C22H21NO/c1-16-4-7-18(8-5-16)20-9-6-17(15-23)14-21(20)19-10-12-22(2,24-3)13-11-19/h4-12,14H,13H2,1-3H3. The number of ether oxygens (including phenoxy) is 1. The number of methoxy groups -OCH3 is 1. The fourth-order valence-electron chi connectivity index (χ4n) is 2.90. The van der Waals surface area contributed by atoms with Crippen LogP contribution in [0, 0.1) is 18.3 Å². The summed E-state index contributed by atoms with van der Waals surface area (Å²) in [5, 5.41) is 9.27. The predicted octanol–water partition coefficient (Wildman–Crippen LogP) is 5.28. The number of allylic oxidation sites excluding steroid dienone is 2. The Labute approximate surface area is 143 Å². The largest absolute Gasteiger partial charge is 0.374 e. The van der Waals surface area contributed by atoms with E-state index in [-0.39, 0.29) is 5.60 Å². The van der Waals surface area contributed by atoms with Crippen LogP contribution in [0.1, 0.15) is 30.0 Å². The van der Waals surface area contributed by atoms with Gasteiger partial charge in [-0.2, -0.15) is 5.26 Å². The summed E-state index contributed by atoms with van der Waals surface area (Å²) in [5.74, 6) is 0. The van der Waals surface area contributed by atoms with Crippen molar-refractivity contribution in [3.8, 4) is 17.2 Å². The fraction of sp³-hybridized carbons (Fsp3) is 0.227. The lowest BCUT2D eigenvalue weighted by molar-refractivity contribution is 0.0508. The summed E-state index contributed by atoms with van der Waals surface area (Å²) in [7, 11) is 1.73. The summed E-state index contributed by atoms with van der Waals surface area (Å²) >= 11 is 0. The van der Waals surface area contributed by atoms with E-state index < -0.39 is 0 Å². The van der Waals surface area contributed by atoms with Gasteiger partial charge in [0.15, 0.2) is 0 Å². The van der Waals surface area contributed by atoms with E-state index in [0.29, 0.717) is 5.56 Å². The maximum Gasteiger partial charge on any atom is 0.0991 e. The molecule has 1 aliphatic rings. The third-order valence-corrected chi connectivity index (χ3v) is 4.63. The third-order valence-electron chi connectivity index (χ3n) is 4.63. The average molecular weight is 315 g/mol. The van der Waals surface area contributed by atoms with Crippen LogP contribution in [0.4, 0.5) is 0 Å². The van der Waals surface area contributed by atoms with Crippen LogP contribution in [0.3, 0.4) is 0 Å². The molecule has 0 aromatic heterocycles. The average Bonchev–Trinajstić information content (AvgIpc) is 2.63. The summed E-state index contributed by atoms with van der Waals surface area (Å²) in [6, 6.07) is 16.6. The molecule has 0 radical (unpaired) electrons. The highest BCUT2D eigenvalue weighted by molar-refractivity contribution is 5.87. The number of benzene rings is 2. The summed E-state index contributed by atoms with van der Waals surface area (Å²) in [6.07, 6.45) is 7.21. The lowest BCUT2D eigenvalue weighted by Crippen LogP contribution is -2.24. The molecule has 2 aromatic carbocycles. The van der Waals surface area contributed by atoms with Crippen molar-refractivity contribution >= 4 is 5.57 Å². The van der Waals surface area contributed by atoms with E-state index in [1.54, 1.807) is 7.11 Å². The minimum Gasteiger partial charge on any atom is -0.374 e. The highest BCUT2D eigenvalue weighted by Gasteiger charge is 2.22. The number of nitriles is 1. The number of hydrogen-bond donors (Lipinski definition) is 0. The van der Waals surface area contributed by atoms with Crippen LogP contribution >= 0.6 is 0 Å². The van der Waals surface area contributed by atoms with Crippen LogP contribution in [0.15, 0.2) is 60.7 Å². The summed E-state index contributed by atoms with van der Waals surface area (Å²) in [4.78, 5) is 0. The van der Waals surface area contributed by atoms with Crippen molar-refractivity contribution in [1.29, 1.82) is 5.26 Å². The van der Waals surface area contributed by atoms with Gasteiger partial charge in [-0.1, -0.05) is 54.1 Å². The van der Waals surface area contributed by atoms with Crippen molar-refractivity contribution < 1.29 is 4.74 Å². The van der Waals surface area contributed by atoms with Crippen molar-refractivity contribution in [2.75, 3.05) is 7.11 Å². The van der Waals surface area contributed by atoms with Gasteiger partial charge < -0.3 is 4.74 Å². The second-order valence-electron chi connectivity index (χ2n) is 6.45. The molecule has 0 N–H and O–H groups in total. The Hall–Kier alpha value is -2.63. The van der Waals surface area contributed by atoms with Gasteiger partial charge in [0.1, 0.15) is 0 Å². The van der Waals surface area contributed by atoms with E-state index in [9.17, 15) is 5.26 Å². The normalized spacial score (nSPS) is 19.7. The van der Waals surface area contributed by atoms with Crippen LogP contribution in [0.25, 0.3) is 16.7 Å². The van der Waals surface area contributed by atoms with Gasteiger partial charge >= 0.3 is 0 Å². The second kappa shape index (κ2) is 6.47. The first-order valence-electron chi connectivity index (χ1n) is 8.11. The molecule has 2 nitrogen and oxygen atoms in total. The van der Waals surface area contributed by atoms with E-state index in [2.05, 4.69) is 62.4 Å². The fourth-order valence-corrected chi connectivity index (χ4v) is 2.90. The molecule has 2 aromatic rings. The Morgan fingerprint density at radius 2 is 1.83 bits per heavy atom. The van der Waals surface area contributed by atoms with Crippen LogP contribution in [-0.4, -0.2) is 12.7 Å². The summed E-state index contributed by atoms with van der Waals surface area (Å²) in [6.45, 7) is 4.16. The number of nitrogens with zero attached hydrogens (tertiary/aromatic N) is 1. The minimum atomic E-state index is -0.250. The van der Waals surface area contributed by atoms with Gasteiger partial charge in [0.05, 0.1) is 17.2 Å². The third kappa shape index (κ3) is 3.18. The molecular formula is C22H21NO. The molecule has 0 saturated carbocycles. The van der Waals surface area contributed by atoms with E-state index >= 15 is 0 Å². The molecule has 0 amide bonds. The maximum absolute atomic E-state index is 9.27. The van der Waals surface area contributed by atoms with Crippen molar-refractivity contribution in [1.82, 2.24) is 0 Å². The molecule has 0 saturated heterocycles. The van der Waals surface area contributed by atoms with E-state index in [0.717, 1.165) is 28.7 Å². The summed E-state index contributed by atoms with van der Waals surface area (Å²) in [5.41, 5.74) is 6.20. The van der Waals surface area contributed by atoms with E-state index in [4.69, 9.17) is 4.74 Å². The van der Waals surface area contributed by atoms with Gasteiger partial charge in [0.25, 0.3) is 0 Å².